The average molecular weight is 528 g/mol. The molecule has 11 heteroatoms. The third-order valence-electron chi connectivity index (χ3n) is 6.53. The molecule has 0 saturated carbocycles. The van der Waals surface area contributed by atoms with Gasteiger partial charge in [0.25, 0.3) is 10.0 Å². The second kappa shape index (κ2) is 10.4. The largest absolute Gasteiger partial charge is 0.487 e. The number of halogens is 1. The minimum atomic E-state index is -3.93. The molecule has 2 aliphatic heterocycles. The maximum Gasteiger partial charge on any atom is 0.261 e. The van der Waals surface area contributed by atoms with E-state index in [1.165, 1.54) is 12.1 Å². The number of nitrogens with one attached hydrogen (secondary N) is 2. The number of carbonyl (C=O) groups excluding carboxylic acids is 1. The van der Waals surface area contributed by atoms with Gasteiger partial charge in [0, 0.05) is 36.1 Å². The number of carbonyl (C=O) groups is 1. The number of anilines is 1. The maximum atomic E-state index is 13.2. The molecule has 0 bridgehead atoms. The molecule has 1 saturated heterocycles. The molecule has 0 radical (unpaired) electrons. The molecular formula is C26H26FN3O6S. The highest BCUT2D eigenvalue weighted by Crippen LogP contribution is 2.47. The van der Waals surface area contributed by atoms with Gasteiger partial charge >= 0.3 is 0 Å². The van der Waals surface area contributed by atoms with Gasteiger partial charge in [-0.1, -0.05) is 0 Å². The van der Waals surface area contributed by atoms with Crippen molar-refractivity contribution in [3.8, 4) is 5.75 Å². The monoisotopic (exact) mass is 527 g/mol. The molecule has 3 N–H and O–H groups in total. The molecule has 9 nitrogen and oxygen atoms in total. The van der Waals surface area contributed by atoms with Crippen LogP contribution in [0.25, 0.3) is 0 Å². The van der Waals surface area contributed by atoms with Crippen molar-refractivity contribution in [1.82, 2.24) is 10.3 Å². The number of amides is 1. The number of fused-ring (bicyclic) bond motifs is 3. The third kappa shape index (κ3) is 5.58. The Kier molecular flexibility index (Phi) is 7.09. The second-order valence-electron chi connectivity index (χ2n) is 9.05. The molecule has 5 rings (SSSR count). The van der Waals surface area contributed by atoms with Gasteiger partial charge in [0.15, 0.2) is 0 Å². The first kappa shape index (κ1) is 25.1. The number of sulfonamides is 1. The molecule has 0 unspecified atom stereocenters. The second-order valence-corrected chi connectivity index (χ2v) is 10.7. The Morgan fingerprint density at radius 3 is 2.59 bits per heavy atom. The van der Waals surface area contributed by atoms with Crippen LogP contribution in [-0.4, -0.2) is 49.3 Å². The van der Waals surface area contributed by atoms with Gasteiger partial charge in [-0.05, 0) is 66.6 Å². The summed E-state index contributed by atoms with van der Waals surface area (Å²) in [6, 6.07) is 13.1. The molecule has 0 aliphatic carbocycles. The molecule has 0 spiro atoms. The van der Waals surface area contributed by atoms with E-state index in [0.717, 1.165) is 23.3 Å². The molecule has 3 aromatic rings. The number of aromatic nitrogens is 1. The fourth-order valence-corrected chi connectivity index (χ4v) is 5.81. The van der Waals surface area contributed by atoms with Crippen LogP contribution in [0.3, 0.4) is 0 Å². The summed E-state index contributed by atoms with van der Waals surface area (Å²) in [5.74, 6) is -0.339. The van der Waals surface area contributed by atoms with Crippen LogP contribution in [0.2, 0.25) is 0 Å². The van der Waals surface area contributed by atoms with Crippen molar-refractivity contribution in [2.24, 2.45) is 0 Å². The molecule has 1 aromatic heterocycles. The highest BCUT2D eigenvalue weighted by molar-refractivity contribution is 7.92. The summed E-state index contributed by atoms with van der Waals surface area (Å²) < 4.78 is 53.3. The lowest BCUT2D eigenvalue weighted by atomic mass is 9.84. The van der Waals surface area contributed by atoms with Crippen LogP contribution in [0.1, 0.15) is 29.9 Å². The lowest BCUT2D eigenvalue weighted by Crippen LogP contribution is -2.47. The predicted octanol–water partition coefficient (Wildman–Crippen LogP) is 2.72. The minimum Gasteiger partial charge on any atom is -0.487 e. The lowest BCUT2D eigenvalue weighted by Gasteiger charge is -2.37. The average Bonchev–Trinajstić information content (AvgIpc) is 3.25. The minimum absolute atomic E-state index is 0.0622. The van der Waals surface area contributed by atoms with Crippen molar-refractivity contribution in [3.05, 3.63) is 83.9 Å². The van der Waals surface area contributed by atoms with Gasteiger partial charge in [-0.2, -0.15) is 0 Å². The van der Waals surface area contributed by atoms with Gasteiger partial charge in [0.2, 0.25) is 5.91 Å². The van der Waals surface area contributed by atoms with Crippen LogP contribution < -0.4 is 14.8 Å². The van der Waals surface area contributed by atoms with E-state index in [1.54, 1.807) is 30.6 Å². The first-order valence-electron chi connectivity index (χ1n) is 11.8. The van der Waals surface area contributed by atoms with Crippen LogP contribution >= 0.6 is 0 Å². The lowest BCUT2D eigenvalue weighted by molar-refractivity contribution is -0.142. The summed E-state index contributed by atoms with van der Waals surface area (Å²) in [5, 5.41) is 12.8. The number of aliphatic hydroxyl groups excluding tert-OH is 1. The number of ether oxygens (including phenoxy) is 2. The fourth-order valence-electron chi connectivity index (χ4n) is 4.76. The van der Waals surface area contributed by atoms with Crippen LogP contribution in [0.5, 0.6) is 5.75 Å². The maximum absolute atomic E-state index is 13.2. The molecule has 4 atom stereocenters. The smallest absolute Gasteiger partial charge is 0.261 e. The van der Waals surface area contributed by atoms with E-state index in [1.807, 2.05) is 12.1 Å². The topological polar surface area (TPSA) is 127 Å². The van der Waals surface area contributed by atoms with E-state index in [-0.39, 0.29) is 29.7 Å². The summed E-state index contributed by atoms with van der Waals surface area (Å²) in [6.07, 6.45) is 2.34. The van der Waals surface area contributed by atoms with E-state index < -0.39 is 34.2 Å². The van der Waals surface area contributed by atoms with Crippen molar-refractivity contribution in [2.75, 3.05) is 11.3 Å². The Hall–Kier alpha value is -3.54. The van der Waals surface area contributed by atoms with Gasteiger partial charge in [-0.3, -0.25) is 14.5 Å². The van der Waals surface area contributed by atoms with Crippen molar-refractivity contribution >= 4 is 21.6 Å². The number of pyridine rings is 1. The van der Waals surface area contributed by atoms with Crippen molar-refractivity contribution < 1.29 is 32.2 Å². The summed E-state index contributed by atoms with van der Waals surface area (Å²) >= 11 is 0. The number of hydrogen-bond acceptors (Lipinski definition) is 7. The summed E-state index contributed by atoms with van der Waals surface area (Å²) in [6.45, 7) is 0.0847. The first-order chi connectivity index (χ1) is 17.8. The van der Waals surface area contributed by atoms with Gasteiger partial charge in [-0.15, -0.1) is 0 Å². The zero-order valence-electron chi connectivity index (χ0n) is 19.7. The molecule has 1 fully saturated rings. The molecular weight excluding hydrogens is 501 g/mol. The number of hydrogen-bond donors (Lipinski definition) is 3. The standard InChI is InChI=1S/C26H26FN3O6S/c27-17-1-4-20(5-2-17)37(33,34)30-18-3-6-23-21(11-18)22-12-19(35-24(15-31)26(22)36-23)13-25(32)29-14-16-7-9-28-10-8-16/h1-11,19,22,24,26,30-31H,12-15H2,(H,29,32)/t19-,22-,24-,26+/m0/s1. The summed E-state index contributed by atoms with van der Waals surface area (Å²) in [5.41, 5.74) is 2.02. The number of benzene rings is 2. The Morgan fingerprint density at radius 1 is 1.11 bits per heavy atom. The molecule has 37 heavy (non-hydrogen) atoms. The van der Waals surface area contributed by atoms with E-state index in [4.69, 9.17) is 9.47 Å². The van der Waals surface area contributed by atoms with Crippen LogP contribution in [0.15, 0.2) is 71.9 Å². The predicted molar refractivity (Wildman–Crippen MR) is 132 cm³/mol. The zero-order valence-corrected chi connectivity index (χ0v) is 20.5. The Morgan fingerprint density at radius 2 is 1.86 bits per heavy atom. The highest BCUT2D eigenvalue weighted by atomic mass is 32.2. The number of nitrogens with zero attached hydrogens (tertiary/aromatic N) is 1. The van der Waals surface area contributed by atoms with E-state index >= 15 is 0 Å². The highest BCUT2D eigenvalue weighted by Gasteiger charge is 2.46. The van der Waals surface area contributed by atoms with Gasteiger partial charge in [0.1, 0.15) is 23.8 Å². The molecule has 2 aromatic carbocycles. The Balaban J connectivity index is 1.29. The summed E-state index contributed by atoms with van der Waals surface area (Å²) in [4.78, 5) is 16.5. The fraction of sp³-hybridized carbons (Fsp3) is 0.308. The normalized spacial score (nSPS) is 22.4. The summed E-state index contributed by atoms with van der Waals surface area (Å²) in [7, 11) is -3.93. The van der Waals surface area contributed by atoms with Crippen LogP contribution in [0.4, 0.5) is 10.1 Å². The van der Waals surface area contributed by atoms with Crippen LogP contribution in [0, 0.1) is 5.82 Å². The van der Waals surface area contributed by atoms with Gasteiger partial charge in [-0.25, -0.2) is 12.8 Å². The Bertz CT molecular complexity index is 1370. The third-order valence-corrected chi connectivity index (χ3v) is 7.92. The first-order valence-corrected chi connectivity index (χ1v) is 13.3. The van der Waals surface area contributed by atoms with E-state index in [9.17, 15) is 22.7 Å². The quantitative estimate of drug-likeness (QED) is 0.411. The SMILES string of the molecule is O=C(C[C@@H]1C[C@H]2c3cc(NS(=O)(=O)c4ccc(F)cc4)ccc3O[C@H]2[C@H](CO)O1)NCc1ccncc1. The van der Waals surface area contributed by atoms with Gasteiger partial charge < -0.3 is 19.9 Å². The molecule has 2 aliphatic rings. The zero-order chi connectivity index (χ0) is 26.0. The van der Waals surface area contributed by atoms with Crippen molar-refractivity contribution in [3.63, 3.8) is 0 Å². The number of aliphatic hydroxyl groups is 1. The molecule has 3 heterocycles. The molecule has 194 valence electrons. The van der Waals surface area contributed by atoms with Crippen LogP contribution in [-0.2, 0) is 26.1 Å². The number of rotatable bonds is 8. The van der Waals surface area contributed by atoms with Gasteiger partial charge in [0.05, 0.1) is 24.0 Å². The van der Waals surface area contributed by atoms with Crippen molar-refractivity contribution in [2.45, 2.75) is 48.5 Å². The van der Waals surface area contributed by atoms with E-state index in [0.29, 0.717) is 24.4 Å². The van der Waals surface area contributed by atoms with Crippen molar-refractivity contribution in [1.29, 1.82) is 0 Å². The molecule has 1 amide bonds. The Labute approximate surface area is 213 Å². The van der Waals surface area contributed by atoms with E-state index in [2.05, 4.69) is 15.0 Å².